The Morgan fingerprint density at radius 2 is 1.96 bits per heavy atom. The minimum atomic E-state index is 0.114. The predicted molar refractivity (Wildman–Crippen MR) is 99.0 cm³/mol. The van der Waals surface area contributed by atoms with E-state index in [1.165, 1.54) is 11.1 Å². The SMILES string of the molecule is CN1CCC[C@@H](C(=O)NCc2ccccc2CN2CCC[C@@H]2CO)C1. The molecule has 0 spiro atoms. The highest BCUT2D eigenvalue weighted by atomic mass is 16.3. The number of rotatable bonds is 6. The second-order valence-electron chi connectivity index (χ2n) is 7.54. The second-order valence-corrected chi connectivity index (χ2v) is 7.54. The number of amides is 1. The molecular weight excluding hydrogens is 314 g/mol. The summed E-state index contributed by atoms with van der Waals surface area (Å²) < 4.78 is 0. The average molecular weight is 345 g/mol. The molecule has 0 radical (unpaired) electrons. The molecule has 3 rings (SSSR count). The van der Waals surface area contributed by atoms with Crippen molar-refractivity contribution in [3.8, 4) is 0 Å². The first kappa shape index (κ1) is 18.4. The highest BCUT2D eigenvalue weighted by molar-refractivity contribution is 5.79. The monoisotopic (exact) mass is 345 g/mol. The zero-order chi connectivity index (χ0) is 17.6. The van der Waals surface area contributed by atoms with Crippen LogP contribution in [0.2, 0.25) is 0 Å². The van der Waals surface area contributed by atoms with Gasteiger partial charge in [-0.05, 0) is 56.9 Å². The lowest BCUT2D eigenvalue weighted by atomic mass is 9.97. The first-order valence-corrected chi connectivity index (χ1v) is 9.55. The van der Waals surface area contributed by atoms with Crippen LogP contribution in [0, 0.1) is 5.92 Å². The molecule has 2 fully saturated rings. The van der Waals surface area contributed by atoms with E-state index in [0.29, 0.717) is 6.54 Å². The topological polar surface area (TPSA) is 55.8 Å². The first-order valence-electron chi connectivity index (χ1n) is 9.55. The van der Waals surface area contributed by atoms with E-state index in [0.717, 1.165) is 51.9 Å². The molecule has 0 unspecified atom stereocenters. The van der Waals surface area contributed by atoms with Crippen LogP contribution < -0.4 is 5.32 Å². The number of aliphatic hydroxyl groups is 1. The molecule has 5 heteroatoms. The van der Waals surface area contributed by atoms with Crippen molar-refractivity contribution in [2.24, 2.45) is 5.92 Å². The van der Waals surface area contributed by atoms with Gasteiger partial charge in [0.25, 0.3) is 0 Å². The lowest BCUT2D eigenvalue weighted by Crippen LogP contribution is -2.41. The van der Waals surface area contributed by atoms with E-state index in [9.17, 15) is 9.90 Å². The molecular formula is C20H31N3O2. The third kappa shape index (κ3) is 4.81. The maximum absolute atomic E-state index is 12.5. The molecule has 25 heavy (non-hydrogen) atoms. The summed E-state index contributed by atoms with van der Waals surface area (Å²) >= 11 is 0. The molecule has 2 atom stereocenters. The van der Waals surface area contributed by atoms with E-state index in [4.69, 9.17) is 0 Å². The van der Waals surface area contributed by atoms with Gasteiger partial charge in [-0.15, -0.1) is 0 Å². The number of carbonyl (C=O) groups excluding carboxylic acids is 1. The highest BCUT2D eigenvalue weighted by Crippen LogP contribution is 2.21. The Labute approximate surface area is 151 Å². The zero-order valence-corrected chi connectivity index (χ0v) is 15.3. The van der Waals surface area contributed by atoms with Crippen molar-refractivity contribution < 1.29 is 9.90 Å². The van der Waals surface area contributed by atoms with Gasteiger partial charge in [0, 0.05) is 25.7 Å². The van der Waals surface area contributed by atoms with Gasteiger partial charge in [0.2, 0.25) is 5.91 Å². The number of carbonyl (C=O) groups is 1. The lowest BCUT2D eigenvalue weighted by Gasteiger charge is -2.29. The largest absolute Gasteiger partial charge is 0.395 e. The first-order chi connectivity index (χ1) is 12.2. The molecule has 138 valence electrons. The third-order valence-corrected chi connectivity index (χ3v) is 5.65. The predicted octanol–water partition coefficient (Wildman–Crippen LogP) is 1.60. The molecule has 1 amide bonds. The normalized spacial score (nSPS) is 25.2. The van der Waals surface area contributed by atoms with Gasteiger partial charge in [0.05, 0.1) is 12.5 Å². The summed E-state index contributed by atoms with van der Waals surface area (Å²) in [6.07, 6.45) is 4.32. The molecule has 2 aliphatic rings. The van der Waals surface area contributed by atoms with Crippen molar-refractivity contribution in [2.75, 3.05) is 33.3 Å². The van der Waals surface area contributed by atoms with E-state index in [1.54, 1.807) is 0 Å². The Bertz CT molecular complexity index is 578. The zero-order valence-electron chi connectivity index (χ0n) is 15.3. The lowest BCUT2D eigenvalue weighted by molar-refractivity contribution is -0.126. The van der Waals surface area contributed by atoms with Gasteiger partial charge in [-0.3, -0.25) is 9.69 Å². The van der Waals surface area contributed by atoms with E-state index < -0.39 is 0 Å². The van der Waals surface area contributed by atoms with Crippen LogP contribution in [0.3, 0.4) is 0 Å². The van der Waals surface area contributed by atoms with Crippen LogP contribution in [-0.4, -0.2) is 60.1 Å². The van der Waals surface area contributed by atoms with Crippen molar-refractivity contribution >= 4 is 5.91 Å². The quantitative estimate of drug-likeness (QED) is 0.822. The average Bonchev–Trinajstić information content (AvgIpc) is 3.08. The van der Waals surface area contributed by atoms with Crippen molar-refractivity contribution in [3.63, 3.8) is 0 Å². The molecule has 2 aliphatic heterocycles. The Balaban J connectivity index is 1.58. The summed E-state index contributed by atoms with van der Waals surface area (Å²) in [5, 5.41) is 12.7. The molecule has 2 saturated heterocycles. The Kier molecular flexibility index (Phi) is 6.45. The molecule has 0 saturated carbocycles. The molecule has 0 aliphatic carbocycles. The van der Waals surface area contributed by atoms with Crippen LogP contribution in [0.4, 0.5) is 0 Å². The summed E-state index contributed by atoms with van der Waals surface area (Å²) in [6, 6.07) is 8.61. The van der Waals surface area contributed by atoms with Crippen LogP contribution >= 0.6 is 0 Å². The number of likely N-dealkylation sites (tertiary alicyclic amines) is 2. The third-order valence-electron chi connectivity index (χ3n) is 5.65. The van der Waals surface area contributed by atoms with Crippen LogP contribution in [0.15, 0.2) is 24.3 Å². The van der Waals surface area contributed by atoms with Gasteiger partial charge in [-0.2, -0.15) is 0 Å². The summed E-state index contributed by atoms with van der Waals surface area (Å²) in [6.45, 7) is 4.67. The molecule has 0 bridgehead atoms. The van der Waals surface area contributed by atoms with E-state index in [1.807, 2.05) is 6.07 Å². The van der Waals surface area contributed by atoms with Gasteiger partial charge in [0.1, 0.15) is 0 Å². The van der Waals surface area contributed by atoms with E-state index in [-0.39, 0.29) is 24.5 Å². The van der Waals surface area contributed by atoms with Crippen LogP contribution in [-0.2, 0) is 17.9 Å². The number of nitrogens with zero attached hydrogens (tertiary/aromatic N) is 2. The number of nitrogens with one attached hydrogen (secondary N) is 1. The maximum atomic E-state index is 12.5. The summed E-state index contributed by atoms with van der Waals surface area (Å²) in [7, 11) is 2.09. The highest BCUT2D eigenvalue weighted by Gasteiger charge is 2.25. The van der Waals surface area contributed by atoms with Gasteiger partial charge in [-0.25, -0.2) is 0 Å². The fourth-order valence-corrected chi connectivity index (χ4v) is 4.12. The van der Waals surface area contributed by atoms with Crippen molar-refractivity contribution in [2.45, 2.75) is 44.8 Å². The molecule has 2 heterocycles. The van der Waals surface area contributed by atoms with Crippen LogP contribution in [0.5, 0.6) is 0 Å². The fourth-order valence-electron chi connectivity index (χ4n) is 4.12. The van der Waals surface area contributed by atoms with E-state index in [2.05, 4.69) is 40.4 Å². The van der Waals surface area contributed by atoms with Crippen molar-refractivity contribution in [3.05, 3.63) is 35.4 Å². The Morgan fingerprint density at radius 3 is 2.72 bits per heavy atom. The van der Waals surface area contributed by atoms with E-state index >= 15 is 0 Å². The number of hydrogen-bond acceptors (Lipinski definition) is 4. The van der Waals surface area contributed by atoms with Crippen LogP contribution in [0.1, 0.15) is 36.8 Å². The van der Waals surface area contributed by atoms with Crippen LogP contribution in [0.25, 0.3) is 0 Å². The number of aliphatic hydroxyl groups excluding tert-OH is 1. The fraction of sp³-hybridized carbons (Fsp3) is 0.650. The molecule has 5 nitrogen and oxygen atoms in total. The minimum absolute atomic E-state index is 0.114. The summed E-state index contributed by atoms with van der Waals surface area (Å²) in [4.78, 5) is 17.1. The summed E-state index contributed by atoms with van der Waals surface area (Å²) in [5.74, 6) is 0.291. The minimum Gasteiger partial charge on any atom is -0.395 e. The van der Waals surface area contributed by atoms with Gasteiger partial charge >= 0.3 is 0 Å². The number of hydrogen-bond donors (Lipinski definition) is 2. The molecule has 1 aromatic rings. The van der Waals surface area contributed by atoms with Gasteiger partial charge in [-0.1, -0.05) is 24.3 Å². The van der Waals surface area contributed by atoms with Crippen molar-refractivity contribution in [1.82, 2.24) is 15.1 Å². The standard InChI is InChI=1S/C20H31N3O2/c1-22-10-4-8-18(13-22)20(25)21-12-16-6-2-3-7-17(16)14-23-11-5-9-19(23)15-24/h2-3,6-7,18-19,24H,4-5,8-15H2,1H3,(H,21,25)/t18-,19-/m1/s1. The Morgan fingerprint density at radius 1 is 1.20 bits per heavy atom. The van der Waals surface area contributed by atoms with Gasteiger partial charge < -0.3 is 15.3 Å². The van der Waals surface area contributed by atoms with Crippen molar-refractivity contribution in [1.29, 1.82) is 0 Å². The summed E-state index contributed by atoms with van der Waals surface area (Å²) in [5.41, 5.74) is 2.44. The molecule has 2 N–H and O–H groups in total. The maximum Gasteiger partial charge on any atom is 0.224 e. The number of benzene rings is 1. The molecule has 0 aromatic heterocycles. The smallest absolute Gasteiger partial charge is 0.224 e. The number of piperidine rings is 1. The molecule has 1 aromatic carbocycles. The Hall–Kier alpha value is -1.43. The second kappa shape index (κ2) is 8.79. The van der Waals surface area contributed by atoms with Gasteiger partial charge in [0.15, 0.2) is 0 Å².